The standard InChI is InChI=1S/C12H25NO/c1-9(2)11-5-6-13(7-11)8-12(14)10(3)4/h9-12,14H,5-8H2,1-4H3. The second-order valence-electron chi connectivity index (χ2n) is 5.36. The number of hydrogen-bond donors (Lipinski definition) is 1. The zero-order chi connectivity index (χ0) is 10.7. The van der Waals surface area contributed by atoms with E-state index in [1.165, 1.54) is 19.5 Å². The van der Waals surface area contributed by atoms with Gasteiger partial charge in [-0.15, -0.1) is 0 Å². The minimum absolute atomic E-state index is 0.152. The number of nitrogens with zero attached hydrogens (tertiary/aromatic N) is 1. The van der Waals surface area contributed by atoms with Crippen molar-refractivity contribution in [3.8, 4) is 0 Å². The van der Waals surface area contributed by atoms with Gasteiger partial charge in [0.15, 0.2) is 0 Å². The lowest BCUT2D eigenvalue weighted by atomic mass is 9.95. The van der Waals surface area contributed by atoms with Crippen molar-refractivity contribution in [2.24, 2.45) is 17.8 Å². The predicted octanol–water partition coefficient (Wildman–Crippen LogP) is 1.98. The summed E-state index contributed by atoms with van der Waals surface area (Å²) < 4.78 is 0. The number of aliphatic hydroxyl groups excluding tert-OH is 1. The zero-order valence-electron chi connectivity index (χ0n) is 10.0. The van der Waals surface area contributed by atoms with Crippen LogP contribution in [0.4, 0.5) is 0 Å². The highest BCUT2D eigenvalue weighted by Crippen LogP contribution is 2.23. The van der Waals surface area contributed by atoms with Crippen LogP contribution < -0.4 is 0 Å². The lowest BCUT2D eigenvalue weighted by molar-refractivity contribution is 0.0833. The first-order chi connectivity index (χ1) is 6.50. The minimum Gasteiger partial charge on any atom is -0.392 e. The van der Waals surface area contributed by atoms with Crippen molar-refractivity contribution in [2.45, 2.75) is 40.2 Å². The van der Waals surface area contributed by atoms with E-state index in [-0.39, 0.29) is 6.10 Å². The quantitative estimate of drug-likeness (QED) is 0.748. The molecule has 0 aromatic carbocycles. The SMILES string of the molecule is CC(C)C(O)CN1CCC(C(C)C)C1. The molecule has 0 amide bonds. The van der Waals surface area contributed by atoms with Crippen LogP contribution >= 0.6 is 0 Å². The molecule has 14 heavy (non-hydrogen) atoms. The topological polar surface area (TPSA) is 23.5 Å². The fourth-order valence-corrected chi connectivity index (χ4v) is 2.05. The van der Waals surface area contributed by atoms with Crippen molar-refractivity contribution in [2.75, 3.05) is 19.6 Å². The predicted molar refractivity (Wildman–Crippen MR) is 60.2 cm³/mol. The van der Waals surface area contributed by atoms with E-state index < -0.39 is 0 Å². The first kappa shape index (κ1) is 12.0. The van der Waals surface area contributed by atoms with Gasteiger partial charge in [-0.25, -0.2) is 0 Å². The molecule has 2 unspecified atom stereocenters. The molecule has 84 valence electrons. The molecular formula is C12H25NO. The normalized spacial score (nSPS) is 26.4. The summed E-state index contributed by atoms with van der Waals surface area (Å²) >= 11 is 0. The third-order valence-electron chi connectivity index (χ3n) is 3.47. The van der Waals surface area contributed by atoms with Gasteiger partial charge in [0.1, 0.15) is 0 Å². The molecule has 0 aromatic heterocycles. The van der Waals surface area contributed by atoms with Crippen LogP contribution in [0.1, 0.15) is 34.1 Å². The van der Waals surface area contributed by atoms with E-state index in [4.69, 9.17) is 0 Å². The molecule has 0 saturated carbocycles. The monoisotopic (exact) mass is 199 g/mol. The molecule has 0 aromatic rings. The fourth-order valence-electron chi connectivity index (χ4n) is 2.05. The van der Waals surface area contributed by atoms with E-state index in [1.54, 1.807) is 0 Å². The van der Waals surface area contributed by atoms with E-state index in [1.807, 2.05) is 0 Å². The van der Waals surface area contributed by atoms with Crippen molar-refractivity contribution >= 4 is 0 Å². The summed E-state index contributed by atoms with van der Waals surface area (Å²) in [6.45, 7) is 12.0. The van der Waals surface area contributed by atoms with Crippen molar-refractivity contribution in [3.63, 3.8) is 0 Å². The van der Waals surface area contributed by atoms with Crippen molar-refractivity contribution < 1.29 is 5.11 Å². The van der Waals surface area contributed by atoms with Gasteiger partial charge in [-0.2, -0.15) is 0 Å². The highest BCUT2D eigenvalue weighted by Gasteiger charge is 2.26. The Labute approximate surface area is 88.3 Å². The van der Waals surface area contributed by atoms with Crippen LogP contribution in [0.5, 0.6) is 0 Å². The molecule has 0 spiro atoms. The van der Waals surface area contributed by atoms with Crippen LogP contribution in [0, 0.1) is 17.8 Å². The number of hydrogen-bond acceptors (Lipinski definition) is 2. The van der Waals surface area contributed by atoms with E-state index in [2.05, 4.69) is 32.6 Å². The summed E-state index contributed by atoms with van der Waals surface area (Å²) in [5.41, 5.74) is 0. The Bertz CT molecular complexity index is 168. The van der Waals surface area contributed by atoms with Crippen LogP contribution in [-0.4, -0.2) is 35.7 Å². The maximum Gasteiger partial charge on any atom is 0.0689 e. The van der Waals surface area contributed by atoms with Crippen LogP contribution in [-0.2, 0) is 0 Å². The molecule has 2 nitrogen and oxygen atoms in total. The van der Waals surface area contributed by atoms with Gasteiger partial charge in [0.2, 0.25) is 0 Å². The second-order valence-corrected chi connectivity index (χ2v) is 5.36. The molecule has 1 heterocycles. The molecule has 0 radical (unpaired) electrons. The fraction of sp³-hybridized carbons (Fsp3) is 1.00. The van der Waals surface area contributed by atoms with Gasteiger partial charge in [-0.1, -0.05) is 27.7 Å². The highest BCUT2D eigenvalue weighted by atomic mass is 16.3. The molecule has 0 aliphatic carbocycles. The Morgan fingerprint density at radius 2 is 1.93 bits per heavy atom. The van der Waals surface area contributed by atoms with E-state index in [9.17, 15) is 5.11 Å². The summed E-state index contributed by atoms with van der Waals surface area (Å²) in [6.07, 6.45) is 1.16. The Balaban J connectivity index is 2.29. The first-order valence-corrected chi connectivity index (χ1v) is 5.91. The maximum absolute atomic E-state index is 9.77. The Hall–Kier alpha value is -0.0800. The van der Waals surface area contributed by atoms with Crippen LogP contribution in [0.25, 0.3) is 0 Å². The third kappa shape index (κ3) is 3.25. The number of aliphatic hydroxyl groups is 1. The maximum atomic E-state index is 9.77. The van der Waals surface area contributed by atoms with Gasteiger partial charge in [0.05, 0.1) is 6.10 Å². The molecule has 1 saturated heterocycles. The molecular weight excluding hydrogens is 174 g/mol. The Morgan fingerprint density at radius 3 is 2.36 bits per heavy atom. The Kier molecular flexibility index (Phi) is 4.39. The van der Waals surface area contributed by atoms with Gasteiger partial charge in [0, 0.05) is 13.1 Å². The Morgan fingerprint density at radius 1 is 1.29 bits per heavy atom. The summed E-state index contributed by atoms with van der Waals surface area (Å²) in [5, 5.41) is 9.77. The molecule has 2 atom stereocenters. The van der Waals surface area contributed by atoms with E-state index in [0.29, 0.717) is 5.92 Å². The molecule has 0 bridgehead atoms. The van der Waals surface area contributed by atoms with Crippen molar-refractivity contribution in [3.05, 3.63) is 0 Å². The third-order valence-corrected chi connectivity index (χ3v) is 3.47. The smallest absolute Gasteiger partial charge is 0.0689 e. The summed E-state index contributed by atoms with van der Waals surface area (Å²) in [4.78, 5) is 2.41. The van der Waals surface area contributed by atoms with Crippen LogP contribution in [0.15, 0.2) is 0 Å². The molecule has 2 heteroatoms. The van der Waals surface area contributed by atoms with Gasteiger partial charge in [-0.3, -0.25) is 0 Å². The summed E-state index contributed by atoms with van der Waals surface area (Å²) in [5.74, 6) is 2.01. The van der Waals surface area contributed by atoms with Gasteiger partial charge in [0.25, 0.3) is 0 Å². The molecule has 1 rings (SSSR count). The van der Waals surface area contributed by atoms with Gasteiger partial charge < -0.3 is 10.0 Å². The van der Waals surface area contributed by atoms with E-state index >= 15 is 0 Å². The minimum atomic E-state index is -0.152. The first-order valence-electron chi connectivity index (χ1n) is 5.91. The van der Waals surface area contributed by atoms with Gasteiger partial charge in [-0.05, 0) is 30.7 Å². The van der Waals surface area contributed by atoms with Crippen molar-refractivity contribution in [1.29, 1.82) is 0 Å². The highest BCUT2D eigenvalue weighted by molar-refractivity contribution is 4.79. The lowest BCUT2D eigenvalue weighted by Gasteiger charge is -2.23. The lowest BCUT2D eigenvalue weighted by Crippen LogP contribution is -2.33. The molecule has 1 aliphatic rings. The molecule has 1 N–H and O–H groups in total. The van der Waals surface area contributed by atoms with Gasteiger partial charge >= 0.3 is 0 Å². The summed E-state index contributed by atoms with van der Waals surface area (Å²) in [6, 6.07) is 0. The number of likely N-dealkylation sites (tertiary alicyclic amines) is 1. The number of rotatable bonds is 4. The zero-order valence-corrected chi connectivity index (χ0v) is 10.0. The largest absolute Gasteiger partial charge is 0.392 e. The van der Waals surface area contributed by atoms with Crippen LogP contribution in [0.2, 0.25) is 0 Å². The van der Waals surface area contributed by atoms with E-state index in [0.717, 1.165) is 18.4 Å². The average Bonchev–Trinajstić information content (AvgIpc) is 2.52. The molecule has 1 fully saturated rings. The summed E-state index contributed by atoms with van der Waals surface area (Å²) in [7, 11) is 0. The van der Waals surface area contributed by atoms with Crippen molar-refractivity contribution in [1.82, 2.24) is 4.90 Å². The second kappa shape index (κ2) is 5.13. The van der Waals surface area contributed by atoms with Crippen LogP contribution in [0.3, 0.4) is 0 Å². The number of β-amino-alcohol motifs (C(OH)–C–C–N with tert-alkyl or cyclic N) is 1. The average molecular weight is 199 g/mol. The molecule has 1 aliphatic heterocycles.